The predicted octanol–water partition coefficient (Wildman–Crippen LogP) is 10.8. The molecule has 0 aliphatic heterocycles. The quantitative estimate of drug-likeness (QED) is 0.235. The van der Waals surface area contributed by atoms with Gasteiger partial charge in [-0.3, -0.25) is 4.79 Å². The van der Waals surface area contributed by atoms with Gasteiger partial charge in [-0.25, -0.2) is 0 Å². The highest BCUT2D eigenvalue weighted by Gasteiger charge is 2.35. The Morgan fingerprint density at radius 1 is 0.872 bits per heavy atom. The van der Waals surface area contributed by atoms with Crippen LogP contribution in [-0.4, -0.2) is 5.78 Å². The minimum atomic E-state index is -0.352. The lowest BCUT2D eigenvalue weighted by atomic mass is 9.71. The highest BCUT2D eigenvalue weighted by molar-refractivity contribution is 7.13. The zero-order valence-electron chi connectivity index (χ0n) is 23.0. The second-order valence-electron chi connectivity index (χ2n) is 11.8. The Labute approximate surface area is 238 Å². The number of ketones is 1. The number of thiophene rings is 1. The molecule has 4 nitrogen and oxygen atoms in total. The summed E-state index contributed by atoms with van der Waals surface area (Å²) in [6, 6.07) is 19.5. The second kappa shape index (κ2) is 10.2. The van der Waals surface area contributed by atoms with Crippen molar-refractivity contribution >= 4 is 51.1 Å². The lowest BCUT2D eigenvalue weighted by Gasteiger charge is -2.31. The fourth-order valence-corrected chi connectivity index (χ4v) is 5.35. The maximum Gasteiger partial charge on any atom is 0.186 e. The molecule has 0 bridgehead atoms. The van der Waals surface area contributed by atoms with E-state index in [0.717, 1.165) is 33.3 Å². The van der Waals surface area contributed by atoms with E-state index >= 15 is 0 Å². The molecule has 0 fully saturated rings. The number of azo groups is 1. The smallest absolute Gasteiger partial charge is 0.186 e. The van der Waals surface area contributed by atoms with E-state index in [1.54, 1.807) is 23.5 Å². The zero-order chi connectivity index (χ0) is 27.9. The van der Waals surface area contributed by atoms with E-state index in [1.807, 2.05) is 42.5 Å². The van der Waals surface area contributed by atoms with Crippen LogP contribution in [0.25, 0.3) is 27.1 Å². The van der Waals surface area contributed by atoms with Gasteiger partial charge >= 0.3 is 0 Å². The molecule has 198 valence electrons. The van der Waals surface area contributed by atoms with Gasteiger partial charge in [0.2, 0.25) is 0 Å². The van der Waals surface area contributed by atoms with Crippen LogP contribution >= 0.6 is 22.9 Å². The van der Waals surface area contributed by atoms with Gasteiger partial charge in [0.25, 0.3) is 0 Å². The van der Waals surface area contributed by atoms with E-state index in [1.165, 1.54) is 4.88 Å². The largest absolute Gasteiger partial charge is 0.454 e. The summed E-state index contributed by atoms with van der Waals surface area (Å²) in [5.74, 6) is 0.655. The molecule has 5 rings (SSSR count). The third-order valence-electron chi connectivity index (χ3n) is 6.63. The molecular formula is C33H31ClN2O2S. The Kier molecular flexibility index (Phi) is 7.08. The molecule has 4 aromatic rings. The second-order valence-corrected chi connectivity index (χ2v) is 13.2. The van der Waals surface area contributed by atoms with Gasteiger partial charge in [-0.15, -0.1) is 16.5 Å². The number of furan rings is 1. The van der Waals surface area contributed by atoms with E-state index in [-0.39, 0.29) is 16.6 Å². The average Bonchev–Trinajstić information content (AvgIpc) is 3.54. The number of hydrogen-bond donors (Lipinski definition) is 0. The average molecular weight is 555 g/mol. The first-order valence-electron chi connectivity index (χ1n) is 12.9. The molecule has 2 aromatic heterocycles. The monoisotopic (exact) mass is 554 g/mol. The van der Waals surface area contributed by atoms with E-state index in [2.05, 4.69) is 70.2 Å². The number of rotatable bonds is 4. The van der Waals surface area contributed by atoms with Crippen molar-refractivity contribution in [1.29, 1.82) is 0 Å². The third-order valence-corrected chi connectivity index (χ3v) is 7.80. The number of fused-ring (bicyclic) bond motifs is 1. The van der Waals surface area contributed by atoms with E-state index < -0.39 is 0 Å². The van der Waals surface area contributed by atoms with Gasteiger partial charge in [-0.05, 0) is 88.5 Å². The zero-order valence-corrected chi connectivity index (χ0v) is 24.6. The van der Waals surface area contributed by atoms with E-state index in [4.69, 9.17) is 21.1 Å². The Hall–Kier alpha value is -3.54. The highest BCUT2D eigenvalue weighted by Crippen LogP contribution is 2.42. The number of hydrogen-bond acceptors (Lipinski definition) is 5. The summed E-state index contributed by atoms with van der Waals surface area (Å²) in [5, 5.41) is 12.9. The minimum Gasteiger partial charge on any atom is -0.454 e. The van der Waals surface area contributed by atoms with Gasteiger partial charge in [0, 0.05) is 32.0 Å². The first-order valence-corrected chi connectivity index (χ1v) is 14.1. The van der Waals surface area contributed by atoms with Gasteiger partial charge < -0.3 is 4.42 Å². The minimum absolute atomic E-state index is 0.0675. The van der Waals surface area contributed by atoms with Crippen LogP contribution in [-0.2, 0) is 4.79 Å². The molecule has 0 unspecified atom stereocenters. The maximum absolute atomic E-state index is 13.6. The number of allylic oxidation sites excluding steroid dienone is 5. The van der Waals surface area contributed by atoms with Gasteiger partial charge in [0.15, 0.2) is 11.5 Å². The van der Waals surface area contributed by atoms with Gasteiger partial charge in [-0.2, -0.15) is 5.11 Å². The standard InChI is InChI=1S/C33H31ClN2O2S/c1-32(2,3)25-17-22(18-26(31(25)37)33(4,5)6)30(36-35-24-12-10-23(34)11-13-24)28-19-21-16-20(9-14-27(21)38-28)29-8-7-15-39-29/h7-19H,1-6H3. The molecule has 0 spiro atoms. The van der Waals surface area contributed by atoms with Crippen LogP contribution < -0.4 is 0 Å². The number of nitrogens with zero attached hydrogens (tertiary/aromatic N) is 2. The molecule has 6 heteroatoms. The van der Waals surface area contributed by atoms with Crippen LogP contribution in [0, 0.1) is 10.8 Å². The van der Waals surface area contributed by atoms with Crippen LogP contribution in [0.3, 0.4) is 0 Å². The summed E-state index contributed by atoms with van der Waals surface area (Å²) in [6.07, 6.45) is 3.89. The van der Waals surface area contributed by atoms with Crippen molar-refractivity contribution < 1.29 is 9.21 Å². The molecule has 0 N–H and O–H groups in total. The molecule has 1 aliphatic rings. The molecule has 2 heterocycles. The summed E-state index contributed by atoms with van der Waals surface area (Å²) in [6.45, 7) is 12.3. The molecule has 1 aliphatic carbocycles. The summed E-state index contributed by atoms with van der Waals surface area (Å²) >= 11 is 7.78. The van der Waals surface area contributed by atoms with Gasteiger partial charge in [-0.1, -0.05) is 59.2 Å². The fourth-order valence-electron chi connectivity index (χ4n) is 4.50. The van der Waals surface area contributed by atoms with Crippen LogP contribution in [0.5, 0.6) is 0 Å². The number of carbonyl (C=O) groups is 1. The van der Waals surface area contributed by atoms with Crippen molar-refractivity contribution in [2.75, 3.05) is 0 Å². The van der Waals surface area contributed by atoms with Crippen molar-refractivity contribution in [2.45, 2.75) is 41.5 Å². The molecule has 39 heavy (non-hydrogen) atoms. The van der Waals surface area contributed by atoms with Gasteiger partial charge in [0.05, 0.1) is 5.69 Å². The van der Waals surface area contributed by atoms with Crippen LogP contribution in [0.15, 0.2) is 110 Å². The van der Waals surface area contributed by atoms with Crippen molar-refractivity contribution in [3.63, 3.8) is 0 Å². The van der Waals surface area contributed by atoms with Crippen LogP contribution in [0.1, 0.15) is 47.3 Å². The van der Waals surface area contributed by atoms with Crippen molar-refractivity contribution in [3.05, 3.63) is 106 Å². The first-order chi connectivity index (χ1) is 18.4. The normalized spacial score (nSPS) is 14.7. The Morgan fingerprint density at radius 3 is 2.13 bits per heavy atom. The molecule has 0 amide bonds. The van der Waals surface area contributed by atoms with Crippen molar-refractivity contribution in [1.82, 2.24) is 0 Å². The number of halogens is 1. The summed E-state index contributed by atoms with van der Waals surface area (Å²) in [5.41, 5.74) is 4.69. The SMILES string of the molecule is CC(C)(C)C1=CC(=C(N=Nc2ccc(Cl)cc2)c2cc3cc(-c4cccs4)ccc3o2)C=C(C(C)(C)C)C1=O. The number of Topliss-reactive ketones (excluding diaryl/α,β-unsaturated/α-hetero) is 1. The van der Waals surface area contributed by atoms with E-state index in [9.17, 15) is 4.79 Å². The Balaban J connectivity index is 1.73. The number of carbonyl (C=O) groups excluding carboxylic acids is 1. The molecule has 2 aromatic carbocycles. The van der Waals surface area contributed by atoms with Gasteiger partial charge in [0.1, 0.15) is 11.3 Å². The Morgan fingerprint density at radius 2 is 1.54 bits per heavy atom. The molecule has 0 saturated heterocycles. The fraction of sp³-hybridized carbons (Fsp3) is 0.242. The van der Waals surface area contributed by atoms with E-state index in [0.29, 0.717) is 22.2 Å². The highest BCUT2D eigenvalue weighted by atomic mass is 35.5. The summed E-state index contributed by atoms with van der Waals surface area (Å²) in [7, 11) is 0. The van der Waals surface area contributed by atoms with Crippen LogP contribution in [0.4, 0.5) is 5.69 Å². The van der Waals surface area contributed by atoms with Crippen LogP contribution in [0.2, 0.25) is 5.02 Å². The van der Waals surface area contributed by atoms with Crippen molar-refractivity contribution in [3.8, 4) is 10.4 Å². The topological polar surface area (TPSA) is 54.9 Å². The Bertz CT molecular complexity index is 1630. The lowest BCUT2D eigenvalue weighted by molar-refractivity contribution is -0.114. The first kappa shape index (κ1) is 27.0. The third kappa shape index (κ3) is 5.75. The maximum atomic E-state index is 13.6. The summed E-state index contributed by atoms with van der Waals surface area (Å²) < 4.78 is 6.36. The molecule has 0 saturated carbocycles. The molecular weight excluding hydrogens is 524 g/mol. The van der Waals surface area contributed by atoms with Crippen molar-refractivity contribution in [2.24, 2.45) is 21.1 Å². The molecule has 0 radical (unpaired) electrons. The summed E-state index contributed by atoms with van der Waals surface area (Å²) in [4.78, 5) is 14.8. The number of benzene rings is 2. The predicted molar refractivity (Wildman–Crippen MR) is 162 cm³/mol. The lowest BCUT2D eigenvalue weighted by Crippen LogP contribution is -2.28. The molecule has 0 atom stereocenters.